The molecule has 2 aromatic heterocycles. The molecule has 7 nitrogen and oxygen atoms in total. The zero-order chi connectivity index (χ0) is 19.0. The number of nitrogens with zero attached hydrogens (tertiary/aromatic N) is 2. The predicted molar refractivity (Wildman–Crippen MR) is 106 cm³/mol. The Balaban J connectivity index is 1.51. The number of benzene rings is 1. The number of amides is 2. The summed E-state index contributed by atoms with van der Waals surface area (Å²) in [6.45, 7) is 1.55. The molecule has 0 spiro atoms. The SMILES string of the molecule is O=C1CN(c2ccc(NC(=O)c3[nH]c4ccc(Cl)cc4c3Cl)cn2)CCN1. The fourth-order valence-electron chi connectivity index (χ4n) is 2.96. The van der Waals surface area contributed by atoms with Gasteiger partial charge in [0.25, 0.3) is 5.91 Å². The largest absolute Gasteiger partial charge is 0.353 e. The highest BCUT2D eigenvalue weighted by Crippen LogP contribution is 2.30. The van der Waals surface area contributed by atoms with E-state index >= 15 is 0 Å². The lowest BCUT2D eigenvalue weighted by molar-refractivity contribution is -0.120. The van der Waals surface area contributed by atoms with Crippen LogP contribution in [0.25, 0.3) is 10.9 Å². The molecule has 27 heavy (non-hydrogen) atoms. The van der Waals surface area contributed by atoms with Gasteiger partial charge in [0.15, 0.2) is 0 Å². The van der Waals surface area contributed by atoms with Crippen molar-refractivity contribution >= 4 is 57.4 Å². The van der Waals surface area contributed by atoms with E-state index in [1.807, 2.05) is 4.90 Å². The second-order valence-electron chi connectivity index (χ2n) is 6.13. The molecule has 9 heteroatoms. The van der Waals surface area contributed by atoms with Crippen LogP contribution < -0.4 is 15.5 Å². The van der Waals surface area contributed by atoms with E-state index in [9.17, 15) is 9.59 Å². The average Bonchev–Trinajstić information content (AvgIpc) is 2.99. The molecule has 1 aliphatic heterocycles. The number of rotatable bonds is 3. The number of pyridine rings is 1. The second kappa shape index (κ2) is 7.09. The van der Waals surface area contributed by atoms with Crippen LogP contribution >= 0.6 is 23.2 Å². The first-order valence-electron chi connectivity index (χ1n) is 8.27. The minimum Gasteiger partial charge on any atom is -0.353 e. The third-order valence-corrected chi connectivity index (χ3v) is 4.92. The van der Waals surface area contributed by atoms with E-state index in [4.69, 9.17) is 23.2 Å². The topological polar surface area (TPSA) is 90.1 Å². The maximum atomic E-state index is 12.6. The summed E-state index contributed by atoms with van der Waals surface area (Å²) in [5, 5.41) is 7.08. The van der Waals surface area contributed by atoms with E-state index in [2.05, 4.69) is 20.6 Å². The number of piperazine rings is 1. The monoisotopic (exact) mass is 403 g/mol. The molecule has 1 aromatic carbocycles. The summed E-state index contributed by atoms with van der Waals surface area (Å²) in [5.41, 5.74) is 1.51. The number of halogens is 2. The van der Waals surface area contributed by atoms with Crippen molar-refractivity contribution in [1.82, 2.24) is 15.3 Å². The van der Waals surface area contributed by atoms with Gasteiger partial charge < -0.3 is 20.5 Å². The van der Waals surface area contributed by atoms with Crippen molar-refractivity contribution in [2.45, 2.75) is 0 Å². The number of nitrogens with one attached hydrogen (secondary N) is 3. The molecule has 0 radical (unpaired) electrons. The molecule has 3 N–H and O–H groups in total. The number of anilines is 2. The second-order valence-corrected chi connectivity index (χ2v) is 6.95. The molecule has 0 saturated carbocycles. The number of aromatic nitrogens is 2. The summed E-state index contributed by atoms with van der Waals surface area (Å²) in [5.74, 6) is 0.273. The Labute approximate surface area is 164 Å². The number of aromatic amines is 1. The molecule has 1 saturated heterocycles. The van der Waals surface area contributed by atoms with Gasteiger partial charge in [0.05, 0.1) is 23.5 Å². The first-order chi connectivity index (χ1) is 13.0. The van der Waals surface area contributed by atoms with Gasteiger partial charge in [-0.1, -0.05) is 23.2 Å². The quantitative estimate of drug-likeness (QED) is 0.626. The molecule has 3 heterocycles. The molecule has 0 aliphatic carbocycles. The lowest BCUT2D eigenvalue weighted by atomic mass is 10.2. The Morgan fingerprint density at radius 3 is 2.81 bits per heavy atom. The van der Waals surface area contributed by atoms with Crippen LogP contribution in [0.4, 0.5) is 11.5 Å². The number of fused-ring (bicyclic) bond motifs is 1. The fourth-order valence-corrected chi connectivity index (χ4v) is 3.42. The van der Waals surface area contributed by atoms with Crippen molar-refractivity contribution in [3.8, 4) is 0 Å². The van der Waals surface area contributed by atoms with Crippen molar-refractivity contribution in [1.29, 1.82) is 0 Å². The zero-order valence-electron chi connectivity index (χ0n) is 14.1. The summed E-state index contributed by atoms with van der Waals surface area (Å²) < 4.78 is 0. The minimum atomic E-state index is -0.376. The Bertz CT molecular complexity index is 1030. The zero-order valence-corrected chi connectivity index (χ0v) is 15.6. The van der Waals surface area contributed by atoms with Crippen LogP contribution in [0.3, 0.4) is 0 Å². The van der Waals surface area contributed by atoms with Crippen molar-refractivity contribution < 1.29 is 9.59 Å². The molecule has 1 aliphatic rings. The number of hydrogen-bond acceptors (Lipinski definition) is 4. The number of carbonyl (C=O) groups excluding carboxylic acids is 2. The van der Waals surface area contributed by atoms with E-state index in [0.717, 1.165) is 5.52 Å². The van der Waals surface area contributed by atoms with Gasteiger partial charge in [0, 0.05) is 29.0 Å². The Morgan fingerprint density at radius 1 is 1.22 bits per heavy atom. The predicted octanol–water partition coefficient (Wildman–Crippen LogP) is 3.06. The van der Waals surface area contributed by atoms with Crippen LogP contribution in [0.5, 0.6) is 0 Å². The molecule has 0 unspecified atom stereocenters. The fraction of sp³-hybridized carbons (Fsp3) is 0.167. The molecular weight excluding hydrogens is 389 g/mol. The highest BCUT2D eigenvalue weighted by atomic mass is 35.5. The van der Waals surface area contributed by atoms with Crippen molar-refractivity contribution in [3.05, 3.63) is 52.3 Å². The first-order valence-corrected chi connectivity index (χ1v) is 9.02. The van der Waals surface area contributed by atoms with Crippen molar-refractivity contribution in [2.75, 3.05) is 29.9 Å². The number of hydrogen-bond donors (Lipinski definition) is 3. The Kier molecular flexibility index (Phi) is 4.63. The van der Waals surface area contributed by atoms with Gasteiger partial charge >= 0.3 is 0 Å². The maximum absolute atomic E-state index is 12.6. The average molecular weight is 404 g/mol. The van der Waals surface area contributed by atoms with Crippen LogP contribution in [0, 0.1) is 0 Å². The Morgan fingerprint density at radius 2 is 2.07 bits per heavy atom. The molecular formula is C18H15Cl2N5O2. The van der Waals surface area contributed by atoms with Crippen LogP contribution in [-0.4, -0.2) is 41.4 Å². The smallest absolute Gasteiger partial charge is 0.273 e. The molecule has 3 aromatic rings. The lowest BCUT2D eigenvalue weighted by Crippen LogP contribution is -2.48. The van der Waals surface area contributed by atoms with Gasteiger partial charge in [-0.05, 0) is 30.3 Å². The van der Waals surface area contributed by atoms with Gasteiger partial charge in [-0.25, -0.2) is 4.98 Å². The van der Waals surface area contributed by atoms with Gasteiger partial charge in [0.1, 0.15) is 11.5 Å². The van der Waals surface area contributed by atoms with Gasteiger partial charge in [-0.2, -0.15) is 0 Å². The van der Waals surface area contributed by atoms with E-state index in [-0.39, 0.29) is 24.1 Å². The van der Waals surface area contributed by atoms with Crippen LogP contribution in [0.15, 0.2) is 36.5 Å². The summed E-state index contributed by atoms with van der Waals surface area (Å²) >= 11 is 12.3. The standard InChI is InChI=1S/C18H15Cl2N5O2/c19-10-1-3-13-12(7-10)16(20)17(24-13)18(27)23-11-2-4-14(22-8-11)25-6-5-21-15(26)9-25/h1-4,7-8,24H,5-6,9H2,(H,21,26)(H,23,27). The summed E-state index contributed by atoms with van der Waals surface area (Å²) in [6.07, 6.45) is 1.55. The summed E-state index contributed by atoms with van der Waals surface area (Å²) in [4.78, 5) is 33.3. The summed E-state index contributed by atoms with van der Waals surface area (Å²) in [7, 11) is 0. The molecule has 4 rings (SSSR count). The molecule has 1 fully saturated rings. The molecule has 138 valence electrons. The van der Waals surface area contributed by atoms with Gasteiger partial charge in [-0.15, -0.1) is 0 Å². The lowest BCUT2D eigenvalue weighted by Gasteiger charge is -2.27. The first kappa shape index (κ1) is 17.6. The molecule has 0 atom stereocenters. The van der Waals surface area contributed by atoms with E-state index in [1.54, 1.807) is 36.5 Å². The van der Waals surface area contributed by atoms with Crippen molar-refractivity contribution in [2.24, 2.45) is 0 Å². The maximum Gasteiger partial charge on any atom is 0.273 e. The third-order valence-electron chi connectivity index (χ3n) is 4.29. The van der Waals surface area contributed by atoms with Crippen LogP contribution in [0.2, 0.25) is 10.0 Å². The van der Waals surface area contributed by atoms with Crippen LogP contribution in [0.1, 0.15) is 10.5 Å². The normalized spacial score (nSPS) is 14.3. The summed E-state index contributed by atoms with van der Waals surface area (Å²) in [6, 6.07) is 8.70. The van der Waals surface area contributed by atoms with Gasteiger partial charge in [0.2, 0.25) is 5.91 Å². The van der Waals surface area contributed by atoms with E-state index < -0.39 is 0 Å². The third kappa shape index (κ3) is 3.56. The highest BCUT2D eigenvalue weighted by molar-refractivity contribution is 6.40. The highest BCUT2D eigenvalue weighted by Gasteiger charge is 2.19. The van der Waals surface area contributed by atoms with E-state index in [1.165, 1.54) is 0 Å². The number of H-pyrrole nitrogens is 1. The Hall–Kier alpha value is -2.77. The van der Waals surface area contributed by atoms with Crippen molar-refractivity contribution in [3.63, 3.8) is 0 Å². The number of carbonyl (C=O) groups is 2. The molecule has 0 bridgehead atoms. The van der Waals surface area contributed by atoms with Crippen LogP contribution in [-0.2, 0) is 4.79 Å². The molecule has 2 amide bonds. The van der Waals surface area contributed by atoms with E-state index in [0.29, 0.717) is 40.0 Å². The minimum absolute atomic E-state index is 0.0333. The van der Waals surface area contributed by atoms with Gasteiger partial charge in [-0.3, -0.25) is 9.59 Å².